The molecule has 0 spiro atoms. The van der Waals surface area contributed by atoms with Gasteiger partial charge in [0, 0.05) is 5.92 Å². The van der Waals surface area contributed by atoms with Gasteiger partial charge in [-0.1, -0.05) is 60.7 Å². The van der Waals surface area contributed by atoms with Crippen molar-refractivity contribution in [1.82, 2.24) is 0 Å². The van der Waals surface area contributed by atoms with Gasteiger partial charge in [0.2, 0.25) is 0 Å². The Hall–Kier alpha value is -2.84. The molecule has 0 unspecified atom stereocenters. The summed E-state index contributed by atoms with van der Waals surface area (Å²) >= 11 is 0. The van der Waals surface area contributed by atoms with Gasteiger partial charge in [-0.05, 0) is 17.2 Å². The van der Waals surface area contributed by atoms with Gasteiger partial charge in [0.25, 0.3) is 0 Å². The highest BCUT2D eigenvalue weighted by Crippen LogP contribution is 2.26. The molecule has 0 aromatic heterocycles. The zero-order valence-electron chi connectivity index (χ0n) is 10.3. The number of nitrogens with zero attached hydrogens (tertiary/aromatic N) is 2. The lowest BCUT2D eigenvalue weighted by Gasteiger charge is -2.13. The van der Waals surface area contributed by atoms with Crippen molar-refractivity contribution < 1.29 is 0 Å². The lowest BCUT2D eigenvalue weighted by atomic mass is 9.90. The van der Waals surface area contributed by atoms with Crippen LogP contribution in [0.3, 0.4) is 0 Å². The van der Waals surface area contributed by atoms with Crippen molar-refractivity contribution in [2.24, 2.45) is 0 Å². The van der Waals surface area contributed by atoms with Gasteiger partial charge < -0.3 is 0 Å². The predicted octanol–water partition coefficient (Wildman–Crippen LogP) is 3.79. The van der Waals surface area contributed by atoms with Gasteiger partial charge in [0.15, 0.2) is 0 Å². The van der Waals surface area contributed by atoms with E-state index in [4.69, 9.17) is 10.5 Å². The van der Waals surface area contributed by atoms with E-state index in [2.05, 4.69) is 0 Å². The van der Waals surface area contributed by atoms with Crippen molar-refractivity contribution in [1.29, 1.82) is 10.5 Å². The van der Waals surface area contributed by atoms with E-state index in [9.17, 15) is 0 Å². The Labute approximate surface area is 112 Å². The zero-order valence-corrected chi connectivity index (χ0v) is 10.3. The first kappa shape index (κ1) is 12.6. The van der Waals surface area contributed by atoms with Crippen LogP contribution >= 0.6 is 0 Å². The highest BCUT2D eigenvalue weighted by Gasteiger charge is 2.12. The Kier molecular flexibility index (Phi) is 4.11. The molecule has 0 atom stereocenters. The second kappa shape index (κ2) is 6.19. The summed E-state index contributed by atoms with van der Waals surface area (Å²) in [5.74, 6) is -0.0725. The van der Waals surface area contributed by atoms with E-state index in [0.29, 0.717) is 0 Å². The SMILES string of the molecule is N#CC(C#N)=CC(c1ccccc1)c1ccccc1. The second-order valence-corrected chi connectivity index (χ2v) is 4.10. The highest BCUT2D eigenvalue weighted by molar-refractivity contribution is 5.44. The summed E-state index contributed by atoms with van der Waals surface area (Å²) in [5.41, 5.74) is 2.27. The van der Waals surface area contributed by atoms with Gasteiger partial charge in [-0.15, -0.1) is 0 Å². The van der Waals surface area contributed by atoms with Crippen LogP contribution < -0.4 is 0 Å². The molecule has 2 aromatic rings. The van der Waals surface area contributed by atoms with Crippen LogP contribution in [-0.4, -0.2) is 0 Å². The molecule has 0 saturated heterocycles. The molecule has 90 valence electrons. The topological polar surface area (TPSA) is 47.6 Å². The number of allylic oxidation sites excluding steroid dienone is 2. The van der Waals surface area contributed by atoms with Gasteiger partial charge in [-0.25, -0.2) is 0 Å². The minimum atomic E-state index is -0.0725. The van der Waals surface area contributed by atoms with Gasteiger partial charge >= 0.3 is 0 Å². The van der Waals surface area contributed by atoms with Crippen molar-refractivity contribution in [2.45, 2.75) is 5.92 Å². The lowest BCUT2D eigenvalue weighted by molar-refractivity contribution is 1.02. The third kappa shape index (κ3) is 3.09. The number of nitriles is 2. The minimum absolute atomic E-state index is 0.0725. The Bertz CT molecular complexity index is 588. The van der Waals surface area contributed by atoms with E-state index in [1.807, 2.05) is 72.8 Å². The summed E-state index contributed by atoms with van der Waals surface area (Å²) in [4.78, 5) is 0. The highest BCUT2D eigenvalue weighted by atomic mass is 14.3. The molecule has 19 heavy (non-hydrogen) atoms. The largest absolute Gasteiger partial charge is 0.192 e. The molecule has 0 aliphatic heterocycles. The Morgan fingerprint density at radius 1 is 0.789 bits per heavy atom. The van der Waals surface area contributed by atoms with E-state index in [1.54, 1.807) is 6.08 Å². The van der Waals surface area contributed by atoms with Crippen LogP contribution in [-0.2, 0) is 0 Å². The summed E-state index contributed by atoms with van der Waals surface area (Å²) in [6.45, 7) is 0. The molecule has 0 fully saturated rings. The molecule has 0 N–H and O–H groups in total. The van der Waals surface area contributed by atoms with Gasteiger partial charge in [-0.3, -0.25) is 0 Å². The molecule has 0 aliphatic rings. The van der Waals surface area contributed by atoms with E-state index in [-0.39, 0.29) is 11.5 Å². The Morgan fingerprint density at radius 3 is 1.58 bits per heavy atom. The zero-order chi connectivity index (χ0) is 13.5. The number of hydrogen-bond donors (Lipinski definition) is 0. The smallest absolute Gasteiger partial charge is 0.126 e. The maximum atomic E-state index is 8.93. The number of rotatable bonds is 3. The molecule has 0 radical (unpaired) electrons. The molecule has 0 amide bonds. The monoisotopic (exact) mass is 244 g/mol. The minimum Gasteiger partial charge on any atom is -0.192 e. The molecular formula is C17H12N2. The van der Waals surface area contributed by atoms with Crippen LogP contribution in [0.1, 0.15) is 17.0 Å². The van der Waals surface area contributed by atoms with Crippen molar-refractivity contribution in [3.63, 3.8) is 0 Å². The Balaban J connectivity index is 2.50. The first-order valence-corrected chi connectivity index (χ1v) is 5.97. The van der Waals surface area contributed by atoms with Crippen LogP contribution in [0.5, 0.6) is 0 Å². The summed E-state index contributed by atoms with van der Waals surface area (Å²) in [5, 5.41) is 17.9. The maximum Gasteiger partial charge on any atom is 0.126 e. The van der Waals surface area contributed by atoms with Crippen molar-refractivity contribution in [3.8, 4) is 12.1 Å². The Morgan fingerprint density at radius 2 is 1.21 bits per heavy atom. The summed E-state index contributed by atoms with van der Waals surface area (Å²) < 4.78 is 0. The van der Waals surface area contributed by atoms with Crippen LogP contribution in [0, 0.1) is 22.7 Å². The standard InChI is InChI=1S/C17H12N2/c18-12-14(13-19)11-17(15-7-3-1-4-8-15)16-9-5-2-6-10-16/h1-11,17H. The summed E-state index contributed by atoms with van der Waals surface area (Å²) in [7, 11) is 0. The number of benzene rings is 2. The fourth-order valence-corrected chi connectivity index (χ4v) is 1.97. The van der Waals surface area contributed by atoms with E-state index in [0.717, 1.165) is 11.1 Å². The lowest BCUT2D eigenvalue weighted by Crippen LogP contribution is -1.98. The molecular weight excluding hydrogens is 232 g/mol. The first-order valence-electron chi connectivity index (χ1n) is 5.97. The van der Waals surface area contributed by atoms with Gasteiger partial charge in [0.05, 0.1) is 0 Å². The average molecular weight is 244 g/mol. The van der Waals surface area contributed by atoms with Crippen molar-refractivity contribution >= 4 is 0 Å². The van der Waals surface area contributed by atoms with Crippen molar-refractivity contribution in [3.05, 3.63) is 83.4 Å². The third-order valence-electron chi connectivity index (χ3n) is 2.89. The molecule has 0 heterocycles. The van der Waals surface area contributed by atoms with E-state index < -0.39 is 0 Å². The summed E-state index contributed by atoms with van der Waals surface area (Å²) in [6.07, 6.45) is 1.71. The second-order valence-electron chi connectivity index (χ2n) is 4.10. The predicted molar refractivity (Wildman–Crippen MR) is 74.0 cm³/mol. The fraction of sp³-hybridized carbons (Fsp3) is 0.0588. The molecule has 2 rings (SSSR count). The number of hydrogen-bond acceptors (Lipinski definition) is 2. The normalized spacial score (nSPS) is 9.42. The molecule has 0 aliphatic carbocycles. The molecule has 2 aromatic carbocycles. The molecule has 2 nitrogen and oxygen atoms in total. The van der Waals surface area contributed by atoms with Crippen molar-refractivity contribution in [2.75, 3.05) is 0 Å². The van der Waals surface area contributed by atoms with Crippen LogP contribution in [0.4, 0.5) is 0 Å². The van der Waals surface area contributed by atoms with Crippen LogP contribution in [0.15, 0.2) is 72.3 Å². The van der Waals surface area contributed by atoms with E-state index in [1.165, 1.54) is 0 Å². The molecule has 2 heteroatoms. The van der Waals surface area contributed by atoms with Crippen LogP contribution in [0.25, 0.3) is 0 Å². The summed E-state index contributed by atoms with van der Waals surface area (Å²) in [6, 6.07) is 23.6. The maximum absolute atomic E-state index is 8.93. The fourth-order valence-electron chi connectivity index (χ4n) is 1.97. The van der Waals surface area contributed by atoms with E-state index >= 15 is 0 Å². The first-order chi connectivity index (χ1) is 9.35. The third-order valence-corrected chi connectivity index (χ3v) is 2.89. The quantitative estimate of drug-likeness (QED) is 0.771. The molecule has 0 saturated carbocycles. The molecule has 0 bridgehead atoms. The average Bonchev–Trinajstić information content (AvgIpc) is 2.50. The van der Waals surface area contributed by atoms with Gasteiger partial charge in [-0.2, -0.15) is 10.5 Å². The van der Waals surface area contributed by atoms with Gasteiger partial charge in [0.1, 0.15) is 17.7 Å². The van der Waals surface area contributed by atoms with Crippen LogP contribution in [0.2, 0.25) is 0 Å².